The van der Waals surface area contributed by atoms with Crippen molar-refractivity contribution in [2.45, 2.75) is 97.3 Å². The quantitative estimate of drug-likeness (QED) is 0.126. The van der Waals surface area contributed by atoms with Crippen molar-refractivity contribution >= 4 is 10.8 Å². The Morgan fingerprint density at radius 2 is 1.21 bits per heavy atom. The first-order chi connectivity index (χ1) is 18.4. The second kappa shape index (κ2) is 15.8. The molecule has 0 heterocycles. The minimum absolute atomic E-state index is 0.248. The average Bonchev–Trinajstić information content (AvgIpc) is 2.92. The standard InChI is InChI=1S/C33H44F3NO/c1-3-5-6-7-8-9-10-11-12-17-24-38-32-23-22-27(29-19-14-15-20-30(29)32)25-37(4-2)26-28-18-13-16-21-31(28)33(34,35)36/h13-16,18-23H,3-12,17,24-26H2,1-2H3/q+1. The first kappa shape index (κ1) is 30.0. The van der Waals surface area contributed by atoms with E-state index in [9.17, 15) is 13.2 Å². The predicted octanol–water partition coefficient (Wildman–Crippen LogP) is 10.0. The zero-order valence-corrected chi connectivity index (χ0v) is 23.2. The van der Waals surface area contributed by atoms with Crippen molar-refractivity contribution in [1.82, 2.24) is 4.90 Å². The van der Waals surface area contributed by atoms with Crippen molar-refractivity contribution < 1.29 is 17.9 Å². The number of benzene rings is 3. The lowest BCUT2D eigenvalue weighted by molar-refractivity contribution is -0.138. The summed E-state index contributed by atoms with van der Waals surface area (Å²) in [6.45, 7) is 6.42. The average molecular weight is 528 g/mol. The van der Waals surface area contributed by atoms with E-state index < -0.39 is 11.7 Å². The molecule has 2 nitrogen and oxygen atoms in total. The molecule has 207 valence electrons. The summed E-state index contributed by atoms with van der Waals surface area (Å²) < 4.78 is 46.7. The van der Waals surface area contributed by atoms with Crippen LogP contribution in [0.4, 0.5) is 13.2 Å². The van der Waals surface area contributed by atoms with Gasteiger partial charge in [0.25, 0.3) is 0 Å². The molecule has 0 amide bonds. The molecular formula is C33H44F3NO+. The number of halogens is 3. The Labute approximate surface area is 227 Å². The van der Waals surface area contributed by atoms with Crippen LogP contribution in [-0.4, -0.2) is 13.2 Å². The molecule has 0 bridgehead atoms. The molecule has 1 radical (unpaired) electrons. The maximum Gasteiger partial charge on any atom is 0.416 e. The van der Waals surface area contributed by atoms with Gasteiger partial charge in [-0.15, -0.1) is 0 Å². The number of ether oxygens (including phenoxy) is 1. The molecule has 0 aliphatic rings. The Bertz CT molecular complexity index is 1100. The molecule has 0 aliphatic heterocycles. The number of fused-ring (bicyclic) bond motifs is 1. The van der Waals surface area contributed by atoms with E-state index in [1.165, 1.54) is 69.9 Å². The normalized spacial score (nSPS) is 11.9. The van der Waals surface area contributed by atoms with E-state index in [-0.39, 0.29) is 6.54 Å². The summed E-state index contributed by atoms with van der Waals surface area (Å²) in [6.07, 6.45) is 8.57. The van der Waals surface area contributed by atoms with Crippen molar-refractivity contribution in [2.24, 2.45) is 0 Å². The SMILES string of the molecule is CCCCCCCCCCCCOc1ccc(C[N+](CC)Cc2ccccc2C(F)(F)F)c2ccccc12. The molecule has 3 aromatic rings. The monoisotopic (exact) mass is 527 g/mol. The summed E-state index contributed by atoms with van der Waals surface area (Å²) in [6, 6.07) is 18.1. The fourth-order valence-corrected chi connectivity index (χ4v) is 5.07. The minimum Gasteiger partial charge on any atom is -0.493 e. The third-order valence-electron chi connectivity index (χ3n) is 7.29. The van der Waals surface area contributed by atoms with E-state index in [4.69, 9.17) is 4.74 Å². The van der Waals surface area contributed by atoms with Crippen molar-refractivity contribution in [2.75, 3.05) is 13.2 Å². The van der Waals surface area contributed by atoms with Gasteiger partial charge in [-0.05, 0) is 36.9 Å². The third-order valence-corrected chi connectivity index (χ3v) is 7.29. The van der Waals surface area contributed by atoms with Gasteiger partial charge in [-0.3, -0.25) is 0 Å². The summed E-state index contributed by atoms with van der Waals surface area (Å²) in [7, 11) is 0. The maximum absolute atomic E-state index is 13.5. The van der Waals surface area contributed by atoms with Crippen molar-refractivity contribution in [3.05, 3.63) is 77.4 Å². The lowest BCUT2D eigenvalue weighted by atomic mass is 10.0. The molecule has 5 heteroatoms. The summed E-state index contributed by atoms with van der Waals surface area (Å²) in [5.74, 6) is 0.880. The van der Waals surface area contributed by atoms with Crippen molar-refractivity contribution in [1.29, 1.82) is 0 Å². The fourth-order valence-electron chi connectivity index (χ4n) is 5.07. The van der Waals surface area contributed by atoms with Gasteiger partial charge in [-0.25, -0.2) is 0 Å². The van der Waals surface area contributed by atoms with Gasteiger partial charge in [0.15, 0.2) is 0 Å². The van der Waals surface area contributed by atoms with Crippen LogP contribution in [0.1, 0.15) is 94.7 Å². The predicted molar refractivity (Wildman–Crippen MR) is 153 cm³/mol. The van der Waals surface area contributed by atoms with E-state index in [2.05, 4.69) is 30.0 Å². The van der Waals surface area contributed by atoms with Crippen LogP contribution in [0.15, 0.2) is 60.7 Å². The zero-order valence-electron chi connectivity index (χ0n) is 23.2. The molecular weight excluding hydrogens is 483 g/mol. The molecule has 0 atom stereocenters. The van der Waals surface area contributed by atoms with Gasteiger partial charge in [0, 0.05) is 16.5 Å². The highest BCUT2D eigenvalue weighted by Crippen LogP contribution is 2.33. The zero-order chi connectivity index (χ0) is 27.2. The highest BCUT2D eigenvalue weighted by molar-refractivity contribution is 5.91. The molecule has 0 aromatic heterocycles. The topological polar surface area (TPSA) is 15.1 Å². The van der Waals surface area contributed by atoms with Crippen LogP contribution in [0.3, 0.4) is 0 Å². The Morgan fingerprint density at radius 1 is 0.632 bits per heavy atom. The molecule has 0 N–H and O–H groups in total. The molecule has 0 aliphatic carbocycles. The van der Waals surface area contributed by atoms with Crippen LogP contribution < -0.4 is 9.64 Å². The summed E-state index contributed by atoms with van der Waals surface area (Å²) in [5.41, 5.74) is 0.847. The lowest BCUT2D eigenvalue weighted by Crippen LogP contribution is -2.30. The third kappa shape index (κ3) is 9.34. The highest BCUT2D eigenvalue weighted by Gasteiger charge is 2.34. The minimum atomic E-state index is -4.35. The van der Waals surface area contributed by atoms with Gasteiger partial charge >= 0.3 is 6.18 Å². The van der Waals surface area contributed by atoms with Crippen molar-refractivity contribution in [3.8, 4) is 5.75 Å². The summed E-state index contributed by atoms with van der Waals surface area (Å²) in [4.78, 5) is 2.05. The molecule has 0 unspecified atom stereocenters. The van der Waals surface area contributed by atoms with E-state index in [1.54, 1.807) is 12.1 Å². The van der Waals surface area contributed by atoms with Gasteiger partial charge < -0.3 is 4.74 Å². The van der Waals surface area contributed by atoms with E-state index in [0.717, 1.165) is 28.5 Å². The Hall–Kier alpha value is -2.53. The van der Waals surface area contributed by atoms with Crippen LogP contribution in [0.2, 0.25) is 0 Å². The number of unbranched alkanes of at least 4 members (excludes halogenated alkanes) is 9. The fraction of sp³-hybridized carbons (Fsp3) is 0.515. The number of nitrogens with zero attached hydrogens (tertiary/aromatic N) is 1. The first-order valence-corrected chi connectivity index (χ1v) is 14.4. The molecule has 38 heavy (non-hydrogen) atoms. The van der Waals surface area contributed by atoms with Crippen LogP contribution in [0.5, 0.6) is 5.75 Å². The summed E-state index contributed by atoms with van der Waals surface area (Å²) >= 11 is 0. The molecule has 0 fully saturated rings. The second-order valence-electron chi connectivity index (χ2n) is 10.3. The smallest absolute Gasteiger partial charge is 0.416 e. The van der Waals surface area contributed by atoms with E-state index in [1.807, 2.05) is 25.1 Å². The Balaban J connectivity index is 1.55. The maximum atomic E-state index is 13.5. The molecule has 3 rings (SSSR count). The Kier molecular flexibility index (Phi) is 12.5. The summed E-state index contributed by atoms with van der Waals surface area (Å²) in [5, 5.41) is 2.15. The van der Waals surface area contributed by atoms with Gasteiger partial charge in [0.2, 0.25) is 0 Å². The second-order valence-corrected chi connectivity index (χ2v) is 10.3. The van der Waals surface area contributed by atoms with Gasteiger partial charge in [-0.1, -0.05) is 107 Å². The first-order valence-electron chi connectivity index (χ1n) is 14.4. The molecule has 0 saturated heterocycles. The van der Waals surface area contributed by atoms with E-state index >= 15 is 0 Å². The van der Waals surface area contributed by atoms with Crippen molar-refractivity contribution in [3.63, 3.8) is 0 Å². The number of rotatable bonds is 17. The van der Waals surface area contributed by atoms with Gasteiger partial charge in [0.05, 0.1) is 12.2 Å². The van der Waals surface area contributed by atoms with Gasteiger partial charge in [0.1, 0.15) is 25.4 Å². The molecule has 0 saturated carbocycles. The number of hydrogen-bond donors (Lipinski definition) is 0. The van der Waals surface area contributed by atoms with Crippen LogP contribution in [0, 0.1) is 0 Å². The van der Waals surface area contributed by atoms with Crippen LogP contribution in [0.25, 0.3) is 10.8 Å². The van der Waals surface area contributed by atoms with Crippen LogP contribution in [-0.2, 0) is 19.3 Å². The number of alkyl halides is 3. The highest BCUT2D eigenvalue weighted by atomic mass is 19.4. The molecule has 3 aromatic carbocycles. The lowest BCUT2D eigenvalue weighted by Gasteiger charge is -2.17. The van der Waals surface area contributed by atoms with E-state index in [0.29, 0.717) is 25.3 Å². The largest absolute Gasteiger partial charge is 0.493 e. The van der Waals surface area contributed by atoms with Gasteiger partial charge in [-0.2, -0.15) is 18.1 Å². The van der Waals surface area contributed by atoms with Crippen LogP contribution >= 0.6 is 0 Å². The Morgan fingerprint density at radius 3 is 1.87 bits per heavy atom. The number of hydrogen-bond acceptors (Lipinski definition) is 2. The molecule has 0 spiro atoms.